The molecule has 3 unspecified atom stereocenters. The molecule has 1 amide bonds. The highest BCUT2D eigenvalue weighted by molar-refractivity contribution is 8.00. The second kappa shape index (κ2) is 20.6. The summed E-state index contributed by atoms with van der Waals surface area (Å²) in [6.45, 7) is 6.88. The first-order valence-corrected chi connectivity index (χ1v) is 20.0. The van der Waals surface area contributed by atoms with Crippen molar-refractivity contribution in [3.8, 4) is 6.07 Å². The van der Waals surface area contributed by atoms with E-state index in [1.165, 1.54) is 54.2 Å². The van der Waals surface area contributed by atoms with Crippen LogP contribution in [0.15, 0.2) is 79.4 Å². The molecular weight excluding hydrogens is 810 g/mol. The van der Waals surface area contributed by atoms with E-state index in [0.29, 0.717) is 37.9 Å². The van der Waals surface area contributed by atoms with Gasteiger partial charge in [-0.1, -0.05) is 24.3 Å². The molecule has 318 valence electrons. The lowest BCUT2D eigenvalue weighted by atomic mass is 9.89. The summed E-state index contributed by atoms with van der Waals surface area (Å²) >= 11 is 1.24. The molecule has 0 N–H and O–H groups in total. The molecule has 2 aromatic carbocycles. The number of amides is 1. The van der Waals surface area contributed by atoms with Crippen LogP contribution in [0.2, 0.25) is 0 Å². The lowest BCUT2D eigenvalue weighted by Gasteiger charge is -2.46. The molecule has 0 bridgehead atoms. The highest BCUT2D eigenvalue weighted by Crippen LogP contribution is 2.42. The van der Waals surface area contributed by atoms with E-state index in [1.807, 2.05) is 6.07 Å². The van der Waals surface area contributed by atoms with Crippen LogP contribution in [0.3, 0.4) is 0 Å². The minimum atomic E-state index is -1.93. The smallest absolute Gasteiger partial charge is 0.422 e. The van der Waals surface area contributed by atoms with Gasteiger partial charge in [0.05, 0.1) is 49.9 Å². The number of carbonyl (C=O) groups is 3. The average molecular weight is 853 g/mol. The number of esters is 1. The van der Waals surface area contributed by atoms with Gasteiger partial charge in [-0.25, -0.2) is 32.4 Å². The van der Waals surface area contributed by atoms with Crippen molar-refractivity contribution in [2.45, 2.75) is 55.1 Å². The summed E-state index contributed by atoms with van der Waals surface area (Å²) in [5.41, 5.74) is -1.62. The first-order chi connectivity index (χ1) is 28.9. The first-order valence-electron chi connectivity index (χ1n) is 19.0. The van der Waals surface area contributed by atoms with Gasteiger partial charge in [-0.15, -0.1) is 11.8 Å². The van der Waals surface area contributed by atoms with Crippen LogP contribution in [0.5, 0.6) is 0 Å². The zero-order valence-electron chi connectivity index (χ0n) is 32.7. The lowest BCUT2D eigenvalue weighted by molar-refractivity contribution is -0.166. The number of hydrogen-bond donors (Lipinski definition) is 0. The second-order valence-electron chi connectivity index (χ2n) is 14.0. The fourth-order valence-corrected chi connectivity index (χ4v) is 8.08. The monoisotopic (exact) mass is 852 g/mol. The van der Waals surface area contributed by atoms with Crippen molar-refractivity contribution >= 4 is 35.9 Å². The fraction of sp³-hybridized carbons (Fsp3) is 0.415. The number of morpholine rings is 1. The van der Waals surface area contributed by atoms with E-state index in [0.717, 1.165) is 43.4 Å². The predicted octanol–water partition coefficient (Wildman–Crippen LogP) is 4.74. The van der Waals surface area contributed by atoms with Gasteiger partial charge in [-0.3, -0.25) is 9.69 Å². The standard InChI is InChI=1S/C41H43F3N6O9S/c1-27(60-33-22-55-39(56-23-33)6-4-3-5-30-8-7-29(19-45)17-35(30)43)41(24-50-26-46-25-47-50,34-10-9-31(42)18-36(34)44)59-40(53)58-28(2)57-38(52)12-11-37(51)49-20-32(21-49)48-13-15-54-16-14-48/h3-12,17-18,25-28,32-33,39H,13-16,20-24H2,1-2H3. The van der Waals surface area contributed by atoms with E-state index >= 15 is 4.39 Å². The third-order valence-electron chi connectivity index (χ3n) is 9.89. The number of hydrogen-bond acceptors (Lipinski definition) is 14. The molecule has 0 saturated carbocycles. The van der Waals surface area contributed by atoms with E-state index in [2.05, 4.69) is 15.0 Å². The van der Waals surface area contributed by atoms with Crippen molar-refractivity contribution in [1.82, 2.24) is 24.6 Å². The average Bonchev–Trinajstić information content (AvgIpc) is 3.72. The number of nitriles is 1. The van der Waals surface area contributed by atoms with Crippen molar-refractivity contribution < 1.29 is 56.0 Å². The lowest BCUT2D eigenvalue weighted by Crippen LogP contribution is -2.62. The van der Waals surface area contributed by atoms with Gasteiger partial charge < -0.3 is 33.3 Å². The Hall–Kier alpha value is -5.52. The molecule has 0 radical (unpaired) electrons. The van der Waals surface area contributed by atoms with Crippen LogP contribution in [0.25, 0.3) is 6.08 Å². The predicted molar refractivity (Wildman–Crippen MR) is 209 cm³/mol. The second-order valence-corrected chi connectivity index (χ2v) is 15.6. The Morgan fingerprint density at radius 2 is 1.78 bits per heavy atom. The van der Waals surface area contributed by atoms with Gasteiger partial charge >= 0.3 is 12.1 Å². The van der Waals surface area contributed by atoms with Crippen LogP contribution in [-0.2, 0) is 50.2 Å². The van der Waals surface area contributed by atoms with Crippen molar-refractivity contribution in [2.24, 2.45) is 0 Å². The summed E-state index contributed by atoms with van der Waals surface area (Å²) in [7, 11) is 0. The van der Waals surface area contributed by atoms with Gasteiger partial charge in [0.1, 0.15) is 30.1 Å². The van der Waals surface area contributed by atoms with Crippen molar-refractivity contribution in [3.63, 3.8) is 0 Å². The maximum Gasteiger partial charge on any atom is 0.512 e. The number of nitrogens with zero attached hydrogens (tertiary/aromatic N) is 6. The van der Waals surface area contributed by atoms with Crippen LogP contribution in [0.4, 0.5) is 18.0 Å². The quantitative estimate of drug-likeness (QED) is 0.0891. The zero-order valence-corrected chi connectivity index (χ0v) is 33.5. The Kier molecular flexibility index (Phi) is 15.1. The van der Waals surface area contributed by atoms with Crippen LogP contribution in [-0.4, -0.2) is 124 Å². The highest BCUT2D eigenvalue weighted by atomic mass is 32.2. The van der Waals surface area contributed by atoms with E-state index in [-0.39, 0.29) is 48.1 Å². The molecule has 19 heteroatoms. The van der Waals surface area contributed by atoms with Gasteiger partial charge in [-0.05, 0) is 37.3 Å². The molecule has 3 fully saturated rings. The SMILES string of the molecule is CC(OC(=O)C=CC(=O)N1CC(N2CCOCC2)C1)OC(=O)OC(Cn1cncn1)(c1ccc(F)cc1F)C(C)SC1COC(C=CC=Cc2ccc(C#N)cc2F)OC1. The Labute approximate surface area is 348 Å². The first kappa shape index (κ1) is 44.0. The molecule has 0 aliphatic carbocycles. The minimum Gasteiger partial charge on any atom is -0.422 e. The molecule has 3 saturated heterocycles. The number of benzene rings is 2. The number of halogens is 3. The maximum absolute atomic E-state index is 15.8. The van der Waals surface area contributed by atoms with Gasteiger partial charge in [-0.2, -0.15) is 10.4 Å². The summed E-state index contributed by atoms with van der Waals surface area (Å²) in [6.07, 6.45) is 7.36. The number of ether oxygens (including phenoxy) is 6. The minimum absolute atomic E-state index is 0.156. The summed E-state index contributed by atoms with van der Waals surface area (Å²) in [6, 6.07) is 9.11. The highest BCUT2D eigenvalue weighted by Gasteiger charge is 2.47. The van der Waals surface area contributed by atoms with Crippen molar-refractivity contribution in [2.75, 3.05) is 52.6 Å². The number of rotatable bonds is 15. The number of aromatic nitrogens is 3. The number of thioether (sulfide) groups is 1. The van der Waals surface area contributed by atoms with Crippen LogP contribution in [0.1, 0.15) is 30.5 Å². The molecule has 4 heterocycles. The Balaban J connectivity index is 1.08. The maximum atomic E-state index is 15.8. The Bertz CT molecular complexity index is 2100. The molecule has 3 aliphatic heterocycles. The number of likely N-dealkylation sites (tertiary alicyclic amines) is 1. The van der Waals surface area contributed by atoms with Crippen molar-refractivity contribution in [3.05, 3.63) is 114 Å². The molecule has 3 atom stereocenters. The molecule has 3 aromatic rings. The summed E-state index contributed by atoms with van der Waals surface area (Å²) in [5, 5.41) is 11.9. The van der Waals surface area contributed by atoms with Gasteiger partial charge in [0.2, 0.25) is 12.2 Å². The molecule has 6 rings (SSSR count). The Morgan fingerprint density at radius 3 is 2.47 bits per heavy atom. The van der Waals surface area contributed by atoms with Gasteiger partial charge in [0.15, 0.2) is 11.9 Å². The van der Waals surface area contributed by atoms with E-state index in [9.17, 15) is 23.2 Å². The van der Waals surface area contributed by atoms with Crippen LogP contribution in [0, 0.1) is 28.8 Å². The number of carbonyl (C=O) groups excluding carboxylic acids is 3. The van der Waals surface area contributed by atoms with Gasteiger partial charge in [0, 0.05) is 73.7 Å². The van der Waals surface area contributed by atoms with Crippen LogP contribution < -0.4 is 0 Å². The van der Waals surface area contributed by atoms with E-state index in [1.54, 1.807) is 30.1 Å². The van der Waals surface area contributed by atoms with E-state index < -0.39 is 53.0 Å². The summed E-state index contributed by atoms with van der Waals surface area (Å²) in [5.74, 6) is -3.75. The third-order valence-corrected chi connectivity index (χ3v) is 11.3. The summed E-state index contributed by atoms with van der Waals surface area (Å²) < 4.78 is 79.1. The fourth-order valence-electron chi connectivity index (χ4n) is 6.71. The van der Waals surface area contributed by atoms with E-state index in [4.69, 9.17) is 33.7 Å². The summed E-state index contributed by atoms with van der Waals surface area (Å²) in [4.78, 5) is 46.5. The molecule has 0 spiro atoms. The molecule has 1 aromatic heterocycles. The van der Waals surface area contributed by atoms with Crippen LogP contribution >= 0.6 is 11.8 Å². The molecule has 3 aliphatic rings. The Morgan fingerprint density at radius 1 is 1.02 bits per heavy atom. The number of allylic oxidation sites excluding steroid dienone is 2. The topological polar surface area (TPSA) is 168 Å². The van der Waals surface area contributed by atoms with Crippen molar-refractivity contribution in [1.29, 1.82) is 5.26 Å². The molecule has 15 nitrogen and oxygen atoms in total. The zero-order chi connectivity index (χ0) is 42.6. The normalized spacial score (nSPS) is 21.0. The molecular formula is C41H43F3N6O9S. The molecule has 60 heavy (non-hydrogen) atoms. The van der Waals surface area contributed by atoms with Gasteiger partial charge in [0.25, 0.3) is 0 Å². The third kappa shape index (κ3) is 11.6. The largest absolute Gasteiger partial charge is 0.512 e.